The van der Waals surface area contributed by atoms with Crippen LogP contribution in [0.15, 0.2) is 34.2 Å². The van der Waals surface area contributed by atoms with Gasteiger partial charge < -0.3 is 26.2 Å². The smallest absolute Gasteiger partial charge is 0.255 e. The lowest BCUT2D eigenvalue weighted by molar-refractivity contribution is -0.147. The molecule has 30 heavy (non-hydrogen) atoms. The molecule has 11 heteroatoms. The molecule has 2 unspecified atom stereocenters. The van der Waals surface area contributed by atoms with Crippen molar-refractivity contribution in [2.45, 2.75) is 24.9 Å². The number of hydrogen-bond donors (Lipinski definition) is 5. The Morgan fingerprint density at radius 1 is 1.23 bits per heavy atom. The second kappa shape index (κ2) is 6.34. The monoisotopic (exact) mass is 412 g/mol. The molecule has 3 aliphatic rings. The van der Waals surface area contributed by atoms with Gasteiger partial charge in [-0.25, -0.2) is 0 Å². The van der Waals surface area contributed by atoms with Crippen LogP contribution in [0.3, 0.4) is 0 Å². The van der Waals surface area contributed by atoms with Gasteiger partial charge in [0.15, 0.2) is 11.4 Å². The minimum Gasteiger partial charge on any atom is -0.508 e. The molecular formula is C19H16N4O7. The number of azide groups is 1. The standard InChI is InChI=1S/C19H16N4O7/c20-18(29)13-10(24)5-8-4-7-3-6-1-2-9(22-23-21)14(25)11(6)15(26)12(7)16(27)19(8,30)17(13)28/h1-2,7-8,25-26,28,30H,3-5H2,(H2,20,29)/t7?,8?,19-/m0/s1. The molecule has 1 fully saturated rings. The van der Waals surface area contributed by atoms with Gasteiger partial charge in [0.2, 0.25) is 5.78 Å². The van der Waals surface area contributed by atoms with Gasteiger partial charge in [-0.2, -0.15) is 0 Å². The Morgan fingerprint density at radius 2 is 1.93 bits per heavy atom. The highest BCUT2D eigenvalue weighted by Crippen LogP contribution is 2.52. The van der Waals surface area contributed by atoms with Crippen LogP contribution in [0.25, 0.3) is 16.2 Å². The van der Waals surface area contributed by atoms with E-state index in [4.69, 9.17) is 11.3 Å². The lowest BCUT2D eigenvalue weighted by Crippen LogP contribution is -2.58. The number of primary amides is 1. The maximum atomic E-state index is 13.3. The number of aliphatic hydroxyl groups is 3. The first-order valence-corrected chi connectivity index (χ1v) is 9.00. The highest BCUT2D eigenvalue weighted by molar-refractivity contribution is 6.22. The van der Waals surface area contributed by atoms with Gasteiger partial charge in [0.1, 0.15) is 22.8 Å². The number of phenolic OH excluding ortho intramolecular Hbond substituents is 1. The number of carbonyl (C=O) groups is 3. The molecular weight excluding hydrogens is 396 g/mol. The van der Waals surface area contributed by atoms with E-state index in [1.54, 1.807) is 0 Å². The highest BCUT2D eigenvalue weighted by Gasteiger charge is 2.60. The predicted molar refractivity (Wildman–Crippen MR) is 100 cm³/mol. The number of nitrogens with zero attached hydrogens (tertiary/aromatic N) is 3. The lowest BCUT2D eigenvalue weighted by Gasteiger charge is -2.46. The molecule has 0 radical (unpaired) electrons. The van der Waals surface area contributed by atoms with Crippen molar-refractivity contribution in [1.82, 2.24) is 0 Å². The number of ketones is 2. The van der Waals surface area contributed by atoms with Gasteiger partial charge in [0, 0.05) is 22.8 Å². The zero-order valence-corrected chi connectivity index (χ0v) is 15.4. The Bertz CT molecular complexity index is 1160. The van der Waals surface area contributed by atoms with Crippen molar-refractivity contribution in [2.24, 2.45) is 22.7 Å². The second-order valence-electron chi connectivity index (χ2n) is 7.56. The van der Waals surface area contributed by atoms with Crippen molar-refractivity contribution in [3.8, 4) is 5.75 Å². The van der Waals surface area contributed by atoms with Crippen LogP contribution in [0.4, 0.5) is 5.69 Å². The van der Waals surface area contributed by atoms with Crippen molar-refractivity contribution in [3.05, 3.63) is 50.6 Å². The third kappa shape index (κ3) is 2.36. The van der Waals surface area contributed by atoms with E-state index in [0.29, 0.717) is 5.56 Å². The number of rotatable bonds is 2. The summed E-state index contributed by atoms with van der Waals surface area (Å²) in [6.45, 7) is 0. The number of nitrogens with two attached hydrogens (primary N) is 1. The Balaban J connectivity index is 1.94. The quantitative estimate of drug-likeness (QED) is 0.208. The summed E-state index contributed by atoms with van der Waals surface area (Å²) in [5.41, 5.74) is 10.2. The van der Waals surface area contributed by atoms with Gasteiger partial charge in [-0.05, 0) is 35.9 Å². The number of carbonyl (C=O) groups excluding carboxylic acids is 3. The van der Waals surface area contributed by atoms with E-state index >= 15 is 0 Å². The fourth-order valence-electron chi connectivity index (χ4n) is 4.71. The summed E-state index contributed by atoms with van der Waals surface area (Å²) in [4.78, 5) is 39.7. The molecule has 1 aromatic rings. The number of fused-ring (bicyclic) bond motifs is 3. The summed E-state index contributed by atoms with van der Waals surface area (Å²) < 4.78 is 0. The number of benzene rings is 1. The zero-order valence-electron chi connectivity index (χ0n) is 15.4. The van der Waals surface area contributed by atoms with Gasteiger partial charge in [-0.3, -0.25) is 14.4 Å². The fourth-order valence-corrected chi connectivity index (χ4v) is 4.71. The van der Waals surface area contributed by atoms with E-state index in [1.165, 1.54) is 12.1 Å². The van der Waals surface area contributed by atoms with Crippen molar-refractivity contribution in [1.29, 1.82) is 0 Å². The maximum Gasteiger partial charge on any atom is 0.255 e. The molecule has 1 aromatic carbocycles. The summed E-state index contributed by atoms with van der Waals surface area (Å²) in [5, 5.41) is 46.1. The fraction of sp³-hybridized carbons (Fsp3) is 0.316. The van der Waals surface area contributed by atoms with Gasteiger partial charge in [-0.15, -0.1) is 0 Å². The molecule has 0 saturated heterocycles. The SMILES string of the molecule is [N-]=[N+]=Nc1ccc2c(c1O)C(O)=C1C(=O)[C@]3(O)C(O)=C(C(N)=O)C(=O)CC3CC1C2. The summed E-state index contributed by atoms with van der Waals surface area (Å²) in [5.74, 6) is -7.03. The maximum absolute atomic E-state index is 13.3. The summed E-state index contributed by atoms with van der Waals surface area (Å²) in [7, 11) is 0. The predicted octanol–water partition coefficient (Wildman–Crippen LogP) is 1.37. The molecule has 1 amide bonds. The molecule has 1 saturated carbocycles. The minimum atomic E-state index is -2.60. The Labute approximate surface area is 168 Å². The van der Waals surface area contributed by atoms with E-state index in [-0.39, 0.29) is 36.1 Å². The lowest BCUT2D eigenvalue weighted by atomic mass is 9.59. The van der Waals surface area contributed by atoms with Crippen LogP contribution in [-0.2, 0) is 20.8 Å². The molecule has 0 aliphatic heterocycles. The van der Waals surface area contributed by atoms with Crippen LogP contribution in [0.5, 0.6) is 5.75 Å². The third-order valence-electron chi connectivity index (χ3n) is 6.07. The van der Waals surface area contributed by atoms with Crippen LogP contribution in [0, 0.1) is 11.8 Å². The number of aliphatic hydroxyl groups excluding tert-OH is 2. The molecule has 154 valence electrons. The number of amides is 1. The van der Waals surface area contributed by atoms with Gasteiger partial charge in [0.25, 0.3) is 5.91 Å². The van der Waals surface area contributed by atoms with Gasteiger partial charge >= 0.3 is 0 Å². The number of phenols is 1. The number of hydrogen-bond acceptors (Lipinski definition) is 8. The van der Waals surface area contributed by atoms with Crippen molar-refractivity contribution < 1.29 is 34.8 Å². The van der Waals surface area contributed by atoms with E-state index in [2.05, 4.69) is 10.0 Å². The molecule has 0 heterocycles. The first kappa shape index (κ1) is 19.5. The average Bonchev–Trinajstić information content (AvgIpc) is 2.66. The molecule has 4 rings (SSSR count). The molecule has 3 atom stereocenters. The van der Waals surface area contributed by atoms with E-state index in [9.17, 15) is 34.8 Å². The van der Waals surface area contributed by atoms with Crippen LogP contribution in [0.1, 0.15) is 24.0 Å². The van der Waals surface area contributed by atoms with E-state index in [0.717, 1.165) is 0 Å². The Hall–Kier alpha value is -3.82. The summed E-state index contributed by atoms with van der Waals surface area (Å²) in [6, 6.07) is 2.90. The summed E-state index contributed by atoms with van der Waals surface area (Å²) >= 11 is 0. The van der Waals surface area contributed by atoms with Gasteiger partial charge in [-0.1, -0.05) is 11.2 Å². The first-order chi connectivity index (χ1) is 14.1. The first-order valence-electron chi connectivity index (χ1n) is 9.00. The average molecular weight is 412 g/mol. The number of Topliss-reactive ketones (excluding diaryl/α,β-unsaturated/α-hetero) is 2. The third-order valence-corrected chi connectivity index (χ3v) is 6.07. The topological polar surface area (TPSA) is 207 Å². The summed E-state index contributed by atoms with van der Waals surface area (Å²) in [6.07, 6.45) is -0.122. The minimum absolute atomic E-state index is 0.0573. The molecule has 0 bridgehead atoms. The highest BCUT2D eigenvalue weighted by atomic mass is 16.3. The van der Waals surface area contributed by atoms with E-state index in [1.807, 2.05) is 0 Å². The molecule has 0 spiro atoms. The van der Waals surface area contributed by atoms with Crippen LogP contribution >= 0.6 is 0 Å². The van der Waals surface area contributed by atoms with Crippen molar-refractivity contribution >= 4 is 28.9 Å². The van der Waals surface area contributed by atoms with E-state index < -0.39 is 57.8 Å². The Morgan fingerprint density at radius 3 is 2.57 bits per heavy atom. The number of aromatic hydroxyl groups is 1. The molecule has 3 aliphatic carbocycles. The van der Waals surface area contributed by atoms with Crippen molar-refractivity contribution in [3.63, 3.8) is 0 Å². The zero-order chi connectivity index (χ0) is 22.0. The Kier molecular flexibility index (Phi) is 4.12. The largest absolute Gasteiger partial charge is 0.508 e. The van der Waals surface area contributed by atoms with Gasteiger partial charge in [0.05, 0.1) is 11.3 Å². The molecule has 11 nitrogen and oxygen atoms in total. The molecule has 0 aromatic heterocycles. The van der Waals surface area contributed by atoms with Crippen LogP contribution < -0.4 is 5.73 Å². The van der Waals surface area contributed by atoms with Crippen LogP contribution in [-0.4, -0.2) is 43.5 Å². The molecule has 6 N–H and O–H groups in total. The second-order valence-corrected chi connectivity index (χ2v) is 7.56. The normalized spacial score (nSPS) is 27.8. The van der Waals surface area contributed by atoms with Crippen molar-refractivity contribution in [2.75, 3.05) is 0 Å². The van der Waals surface area contributed by atoms with Crippen LogP contribution in [0.2, 0.25) is 0 Å².